The van der Waals surface area contributed by atoms with Gasteiger partial charge in [-0.05, 0) is 49.4 Å². The van der Waals surface area contributed by atoms with E-state index in [1.54, 1.807) is 25.1 Å². The summed E-state index contributed by atoms with van der Waals surface area (Å²) in [7, 11) is 0. The van der Waals surface area contributed by atoms with Gasteiger partial charge in [0.05, 0.1) is 16.9 Å². The summed E-state index contributed by atoms with van der Waals surface area (Å²) in [6.07, 6.45) is -4.49. The van der Waals surface area contributed by atoms with Crippen LogP contribution in [0.2, 0.25) is 0 Å². The maximum atomic E-state index is 13.0. The van der Waals surface area contributed by atoms with Crippen molar-refractivity contribution in [2.75, 3.05) is 10.6 Å². The highest BCUT2D eigenvalue weighted by Crippen LogP contribution is 2.31. The number of hydrogen-bond donors (Lipinski definition) is 2. The second-order valence-electron chi connectivity index (χ2n) is 6.34. The van der Waals surface area contributed by atoms with E-state index in [-0.39, 0.29) is 17.4 Å². The second kappa shape index (κ2) is 7.78. The molecule has 0 radical (unpaired) electrons. The molecule has 0 saturated heterocycles. The molecular weight excluding hydrogens is 385 g/mol. The maximum absolute atomic E-state index is 13.0. The van der Waals surface area contributed by atoms with E-state index < -0.39 is 17.6 Å². The van der Waals surface area contributed by atoms with Gasteiger partial charge in [0, 0.05) is 24.2 Å². The Kier molecular flexibility index (Phi) is 5.40. The molecule has 2 amide bonds. The van der Waals surface area contributed by atoms with Gasteiger partial charge in [0.15, 0.2) is 0 Å². The van der Waals surface area contributed by atoms with E-state index in [0.717, 1.165) is 12.1 Å². The SMILES string of the molecule is CC(=O)Nc1ccc(C(=O)Nc2cc(C)nn2-c2cccc(C(F)(F)F)c2)cc1. The van der Waals surface area contributed by atoms with Crippen LogP contribution in [0.3, 0.4) is 0 Å². The first kappa shape index (κ1) is 20.1. The fourth-order valence-corrected chi connectivity index (χ4v) is 2.70. The molecule has 150 valence electrons. The molecule has 3 aromatic rings. The molecule has 0 aliphatic carbocycles. The lowest BCUT2D eigenvalue weighted by Crippen LogP contribution is -2.15. The van der Waals surface area contributed by atoms with E-state index in [1.165, 1.54) is 35.9 Å². The molecule has 0 spiro atoms. The monoisotopic (exact) mass is 402 g/mol. The summed E-state index contributed by atoms with van der Waals surface area (Å²) in [5.74, 6) is -0.465. The van der Waals surface area contributed by atoms with E-state index in [9.17, 15) is 22.8 Å². The van der Waals surface area contributed by atoms with Crippen LogP contribution >= 0.6 is 0 Å². The number of aromatic nitrogens is 2. The first-order chi connectivity index (χ1) is 13.6. The number of aryl methyl sites for hydroxylation is 1. The Morgan fingerprint density at radius 3 is 2.31 bits per heavy atom. The number of halogens is 3. The summed E-state index contributed by atoms with van der Waals surface area (Å²) < 4.78 is 40.3. The molecule has 0 unspecified atom stereocenters. The maximum Gasteiger partial charge on any atom is 0.416 e. The molecule has 9 heteroatoms. The Labute approximate surface area is 164 Å². The standard InChI is InChI=1S/C20H17F3N4O2/c1-12-10-18(25-19(29)14-6-8-16(9-7-14)24-13(2)28)27(26-12)17-5-3-4-15(11-17)20(21,22)23/h3-11H,1-2H3,(H,24,28)(H,25,29). The molecule has 0 aliphatic rings. The topological polar surface area (TPSA) is 76.0 Å². The predicted molar refractivity (Wildman–Crippen MR) is 102 cm³/mol. The molecule has 1 aromatic heterocycles. The molecule has 0 bridgehead atoms. The van der Waals surface area contributed by atoms with Crippen molar-refractivity contribution in [3.63, 3.8) is 0 Å². The molecule has 3 rings (SSSR count). The van der Waals surface area contributed by atoms with Gasteiger partial charge in [0.1, 0.15) is 5.82 Å². The number of nitrogens with one attached hydrogen (secondary N) is 2. The van der Waals surface area contributed by atoms with Gasteiger partial charge in [-0.15, -0.1) is 0 Å². The van der Waals surface area contributed by atoms with Crippen LogP contribution in [0.1, 0.15) is 28.5 Å². The second-order valence-corrected chi connectivity index (χ2v) is 6.34. The van der Waals surface area contributed by atoms with Crippen molar-refractivity contribution in [3.05, 3.63) is 71.4 Å². The number of alkyl halides is 3. The van der Waals surface area contributed by atoms with Crippen molar-refractivity contribution >= 4 is 23.3 Å². The summed E-state index contributed by atoms with van der Waals surface area (Å²) in [6, 6.07) is 12.4. The van der Waals surface area contributed by atoms with Gasteiger partial charge in [0.2, 0.25) is 5.91 Å². The van der Waals surface area contributed by atoms with Crippen molar-refractivity contribution < 1.29 is 22.8 Å². The molecule has 1 heterocycles. The zero-order valence-electron chi connectivity index (χ0n) is 15.5. The van der Waals surface area contributed by atoms with Gasteiger partial charge < -0.3 is 10.6 Å². The minimum Gasteiger partial charge on any atom is -0.326 e. The lowest BCUT2D eigenvalue weighted by Gasteiger charge is -2.12. The van der Waals surface area contributed by atoms with Crippen LogP contribution in [-0.2, 0) is 11.0 Å². The van der Waals surface area contributed by atoms with Crippen LogP contribution in [-0.4, -0.2) is 21.6 Å². The highest BCUT2D eigenvalue weighted by atomic mass is 19.4. The number of carbonyl (C=O) groups is 2. The van der Waals surface area contributed by atoms with Gasteiger partial charge in [-0.1, -0.05) is 6.07 Å². The Bertz CT molecular complexity index is 1060. The normalized spacial score (nSPS) is 11.2. The van der Waals surface area contributed by atoms with E-state index in [4.69, 9.17) is 0 Å². The summed E-state index contributed by atoms with van der Waals surface area (Å²) in [5.41, 5.74) is 0.740. The lowest BCUT2D eigenvalue weighted by atomic mass is 10.2. The smallest absolute Gasteiger partial charge is 0.326 e. The van der Waals surface area contributed by atoms with E-state index >= 15 is 0 Å². The number of benzene rings is 2. The minimum absolute atomic E-state index is 0.171. The van der Waals surface area contributed by atoms with E-state index in [1.807, 2.05) is 0 Å². The number of amides is 2. The van der Waals surface area contributed by atoms with E-state index in [0.29, 0.717) is 16.9 Å². The lowest BCUT2D eigenvalue weighted by molar-refractivity contribution is -0.137. The molecular formula is C20H17F3N4O2. The Balaban J connectivity index is 1.86. The average molecular weight is 402 g/mol. The van der Waals surface area contributed by atoms with Crippen molar-refractivity contribution in [1.82, 2.24) is 9.78 Å². The van der Waals surface area contributed by atoms with Gasteiger partial charge >= 0.3 is 6.18 Å². The number of nitrogens with zero attached hydrogens (tertiary/aromatic N) is 2. The third-order valence-electron chi connectivity index (χ3n) is 3.96. The first-order valence-corrected chi connectivity index (χ1v) is 8.57. The minimum atomic E-state index is -4.49. The predicted octanol–water partition coefficient (Wildman–Crippen LogP) is 4.41. The van der Waals surface area contributed by atoms with Gasteiger partial charge in [0.25, 0.3) is 5.91 Å². The molecule has 2 aromatic carbocycles. The molecule has 0 aliphatic heterocycles. The third kappa shape index (κ3) is 4.81. The van der Waals surface area contributed by atoms with Gasteiger partial charge in [-0.2, -0.15) is 18.3 Å². The number of carbonyl (C=O) groups excluding carboxylic acids is 2. The van der Waals surface area contributed by atoms with Crippen LogP contribution in [0.25, 0.3) is 5.69 Å². The fourth-order valence-electron chi connectivity index (χ4n) is 2.70. The van der Waals surface area contributed by atoms with Crippen molar-refractivity contribution in [3.8, 4) is 5.69 Å². The third-order valence-corrected chi connectivity index (χ3v) is 3.96. The zero-order chi connectivity index (χ0) is 21.2. The molecule has 2 N–H and O–H groups in total. The number of hydrogen-bond acceptors (Lipinski definition) is 3. The van der Waals surface area contributed by atoms with Crippen molar-refractivity contribution in [2.45, 2.75) is 20.0 Å². The molecule has 0 atom stereocenters. The fraction of sp³-hybridized carbons (Fsp3) is 0.150. The van der Waals surface area contributed by atoms with Gasteiger partial charge in [-0.25, -0.2) is 4.68 Å². The van der Waals surface area contributed by atoms with Crippen LogP contribution < -0.4 is 10.6 Å². The molecule has 6 nitrogen and oxygen atoms in total. The summed E-state index contributed by atoms with van der Waals surface area (Å²) >= 11 is 0. The van der Waals surface area contributed by atoms with Crippen molar-refractivity contribution in [2.24, 2.45) is 0 Å². The highest BCUT2D eigenvalue weighted by molar-refractivity contribution is 6.04. The molecule has 0 fully saturated rings. The summed E-state index contributed by atoms with van der Waals surface area (Å²) in [5, 5.41) is 9.44. The summed E-state index contributed by atoms with van der Waals surface area (Å²) in [4.78, 5) is 23.6. The van der Waals surface area contributed by atoms with Crippen LogP contribution in [0.15, 0.2) is 54.6 Å². The highest BCUT2D eigenvalue weighted by Gasteiger charge is 2.30. The van der Waals surface area contributed by atoms with Crippen molar-refractivity contribution in [1.29, 1.82) is 0 Å². The Morgan fingerprint density at radius 1 is 1.00 bits per heavy atom. The molecule has 29 heavy (non-hydrogen) atoms. The Morgan fingerprint density at radius 2 is 1.69 bits per heavy atom. The average Bonchev–Trinajstić information content (AvgIpc) is 3.01. The van der Waals surface area contributed by atoms with Crippen LogP contribution in [0.5, 0.6) is 0 Å². The molecule has 0 saturated carbocycles. The Hall–Kier alpha value is -3.62. The van der Waals surface area contributed by atoms with E-state index in [2.05, 4.69) is 15.7 Å². The first-order valence-electron chi connectivity index (χ1n) is 8.57. The van der Waals surface area contributed by atoms with Crippen LogP contribution in [0, 0.1) is 6.92 Å². The number of anilines is 2. The van der Waals surface area contributed by atoms with Gasteiger partial charge in [-0.3, -0.25) is 9.59 Å². The van der Waals surface area contributed by atoms with Crippen LogP contribution in [0.4, 0.5) is 24.7 Å². The quantitative estimate of drug-likeness (QED) is 0.679. The number of rotatable bonds is 4. The zero-order valence-corrected chi connectivity index (χ0v) is 15.5. The summed E-state index contributed by atoms with van der Waals surface area (Å²) in [6.45, 7) is 3.04. The largest absolute Gasteiger partial charge is 0.416 e.